The highest BCUT2D eigenvalue weighted by Crippen LogP contribution is 2.16. The summed E-state index contributed by atoms with van der Waals surface area (Å²) in [6.45, 7) is 5.21. The van der Waals surface area contributed by atoms with Gasteiger partial charge in [0.1, 0.15) is 0 Å². The Morgan fingerprint density at radius 3 is 2.38 bits per heavy atom. The maximum atomic E-state index is 2.41. The summed E-state index contributed by atoms with van der Waals surface area (Å²) >= 11 is 0. The van der Waals surface area contributed by atoms with Crippen molar-refractivity contribution in [1.29, 1.82) is 0 Å². The molecule has 2 aromatic rings. The Labute approximate surface area is 148 Å². The first-order valence-electron chi connectivity index (χ1n) is 7.47. The number of likely N-dealkylation sites (tertiary alicyclic amines) is 1. The molecule has 1 fully saturated rings. The molecule has 0 amide bonds. The number of benzene rings is 1. The van der Waals surface area contributed by atoms with E-state index in [1.807, 2.05) is 0 Å². The SMILES string of the molecule is C[N+]1(CCC[n+]2ccc3ccccc3c2)CCCC1.[Br-].[Br-]. The van der Waals surface area contributed by atoms with Crippen molar-refractivity contribution < 1.29 is 43.0 Å². The molecule has 1 aliphatic heterocycles. The van der Waals surface area contributed by atoms with Crippen LogP contribution >= 0.6 is 0 Å². The van der Waals surface area contributed by atoms with Crippen LogP contribution in [0.15, 0.2) is 42.7 Å². The van der Waals surface area contributed by atoms with Gasteiger partial charge in [-0.1, -0.05) is 18.2 Å². The van der Waals surface area contributed by atoms with Gasteiger partial charge in [0.2, 0.25) is 0 Å². The van der Waals surface area contributed by atoms with Crippen LogP contribution in [0.3, 0.4) is 0 Å². The van der Waals surface area contributed by atoms with E-state index >= 15 is 0 Å². The van der Waals surface area contributed by atoms with Crippen molar-refractivity contribution in [1.82, 2.24) is 0 Å². The molecule has 3 rings (SSSR count). The van der Waals surface area contributed by atoms with Gasteiger partial charge in [-0.2, -0.15) is 0 Å². The largest absolute Gasteiger partial charge is 1.00 e. The standard InChI is InChI=1S/C17H24N2.2BrH/c1-19(12-4-5-13-19)14-6-10-18-11-9-16-7-2-3-8-17(16)15-18;;/h2-3,7-9,11,15H,4-6,10,12-14H2,1H3;2*1H/q+2;;/p-2. The fraction of sp³-hybridized carbons (Fsp3) is 0.471. The van der Waals surface area contributed by atoms with E-state index in [2.05, 4.69) is 54.3 Å². The van der Waals surface area contributed by atoms with Gasteiger partial charge in [0, 0.05) is 24.3 Å². The third-order valence-corrected chi connectivity index (χ3v) is 4.51. The maximum Gasteiger partial charge on any atom is 0.176 e. The highest BCUT2D eigenvalue weighted by molar-refractivity contribution is 5.80. The van der Waals surface area contributed by atoms with E-state index in [4.69, 9.17) is 0 Å². The van der Waals surface area contributed by atoms with E-state index in [0.29, 0.717) is 0 Å². The number of halogens is 2. The molecule has 1 aromatic heterocycles. The number of fused-ring (bicyclic) bond motifs is 1. The van der Waals surface area contributed by atoms with Crippen molar-refractivity contribution in [2.24, 2.45) is 0 Å². The van der Waals surface area contributed by atoms with Crippen LogP contribution in [-0.2, 0) is 6.54 Å². The first kappa shape index (κ1) is 18.6. The first-order valence-corrected chi connectivity index (χ1v) is 7.47. The van der Waals surface area contributed by atoms with E-state index in [0.717, 1.165) is 6.54 Å². The number of pyridine rings is 1. The van der Waals surface area contributed by atoms with E-state index < -0.39 is 0 Å². The second-order valence-corrected chi connectivity index (χ2v) is 6.16. The Bertz CT molecular complexity index is 565. The number of rotatable bonds is 4. The third-order valence-electron chi connectivity index (χ3n) is 4.51. The summed E-state index contributed by atoms with van der Waals surface area (Å²) in [7, 11) is 2.41. The molecule has 0 radical (unpaired) electrons. The zero-order chi connectivity index (χ0) is 13.1. The average molecular weight is 416 g/mol. The van der Waals surface area contributed by atoms with Gasteiger partial charge >= 0.3 is 0 Å². The van der Waals surface area contributed by atoms with Crippen LogP contribution in [0.5, 0.6) is 0 Å². The molecule has 0 aliphatic carbocycles. The smallest absolute Gasteiger partial charge is 0.176 e. The van der Waals surface area contributed by atoms with Gasteiger partial charge < -0.3 is 38.4 Å². The molecule has 0 N–H and O–H groups in total. The summed E-state index contributed by atoms with van der Waals surface area (Å²) in [5.41, 5.74) is 0. The number of aromatic nitrogens is 1. The Hall–Kier alpha value is -0.450. The van der Waals surface area contributed by atoms with Crippen molar-refractivity contribution >= 4 is 10.8 Å². The number of quaternary nitrogens is 1. The van der Waals surface area contributed by atoms with Crippen LogP contribution in [0.4, 0.5) is 0 Å². The lowest BCUT2D eigenvalue weighted by atomic mass is 10.2. The van der Waals surface area contributed by atoms with Gasteiger partial charge in [-0.3, -0.25) is 0 Å². The molecular weight excluding hydrogens is 392 g/mol. The summed E-state index contributed by atoms with van der Waals surface area (Å²) in [6.07, 6.45) is 8.60. The van der Waals surface area contributed by atoms with Gasteiger partial charge in [0.15, 0.2) is 18.9 Å². The molecule has 21 heavy (non-hydrogen) atoms. The Kier molecular flexibility index (Phi) is 7.31. The van der Waals surface area contributed by atoms with Gasteiger partial charge in [-0.25, -0.2) is 4.57 Å². The van der Waals surface area contributed by atoms with Gasteiger partial charge in [-0.05, 0) is 11.5 Å². The minimum absolute atomic E-state index is 0. The lowest BCUT2D eigenvalue weighted by Crippen LogP contribution is -3.00. The number of aryl methyl sites for hydroxylation is 1. The molecule has 1 aliphatic rings. The summed E-state index contributed by atoms with van der Waals surface area (Å²) in [5.74, 6) is 0. The van der Waals surface area contributed by atoms with Crippen molar-refractivity contribution in [3.8, 4) is 0 Å². The summed E-state index contributed by atoms with van der Waals surface area (Å²) in [4.78, 5) is 0. The normalized spacial score (nSPS) is 16.2. The molecular formula is C17H24Br2N2. The molecule has 2 nitrogen and oxygen atoms in total. The molecule has 0 saturated carbocycles. The minimum atomic E-state index is 0. The lowest BCUT2D eigenvalue weighted by molar-refractivity contribution is -0.900. The zero-order valence-corrected chi connectivity index (χ0v) is 15.8. The number of nitrogens with zero attached hydrogens (tertiary/aromatic N) is 2. The van der Waals surface area contributed by atoms with E-state index in [1.54, 1.807) is 0 Å². The molecule has 2 heterocycles. The number of hydrogen-bond donors (Lipinski definition) is 0. The molecule has 1 saturated heterocycles. The van der Waals surface area contributed by atoms with Gasteiger partial charge in [-0.15, -0.1) is 0 Å². The molecule has 1 aromatic carbocycles. The predicted molar refractivity (Wildman–Crippen MR) is 78.8 cm³/mol. The van der Waals surface area contributed by atoms with Crippen LogP contribution in [0.1, 0.15) is 19.3 Å². The van der Waals surface area contributed by atoms with Gasteiger partial charge in [0.05, 0.1) is 33.1 Å². The molecule has 116 valence electrons. The van der Waals surface area contributed by atoms with E-state index in [-0.39, 0.29) is 34.0 Å². The maximum absolute atomic E-state index is 2.41. The highest BCUT2D eigenvalue weighted by Gasteiger charge is 2.26. The highest BCUT2D eigenvalue weighted by atomic mass is 79.9. The molecule has 0 spiro atoms. The lowest BCUT2D eigenvalue weighted by Gasteiger charge is -2.28. The Balaban J connectivity index is 0.00000110. The monoisotopic (exact) mass is 414 g/mol. The van der Waals surface area contributed by atoms with Crippen LogP contribution < -0.4 is 38.5 Å². The third kappa shape index (κ3) is 4.76. The quantitative estimate of drug-likeness (QED) is 0.365. The van der Waals surface area contributed by atoms with Crippen molar-refractivity contribution in [3.05, 3.63) is 42.7 Å². The fourth-order valence-electron chi connectivity index (χ4n) is 3.27. The van der Waals surface area contributed by atoms with Crippen molar-refractivity contribution in [3.63, 3.8) is 0 Å². The van der Waals surface area contributed by atoms with Crippen molar-refractivity contribution in [2.75, 3.05) is 26.7 Å². The molecule has 0 atom stereocenters. The number of hydrogen-bond acceptors (Lipinski definition) is 0. The summed E-state index contributed by atoms with van der Waals surface area (Å²) in [6, 6.07) is 10.8. The van der Waals surface area contributed by atoms with Crippen LogP contribution in [0.25, 0.3) is 10.8 Å². The summed E-state index contributed by atoms with van der Waals surface area (Å²) in [5, 5.41) is 2.67. The molecule has 0 bridgehead atoms. The Morgan fingerprint density at radius 2 is 1.67 bits per heavy atom. The van der Waals surface area contributed by atoms with Crippen molar-refractivity contribution in [2.45, 2.75) is 25.8 Å². The predicted octanol–water partition coefficient (Wildman–Crippen LogP) is -3.23. The van der Waals surface area contributed by atoms with Gasteiger partial charge in [0.25, 0.3) is 0 Å². The van der Waals surface area contributed by atoms with Crippen LogP contribution in [-0.4, -0.2) is 31.2 Å². The molecule has 0 unspecified atom stereocenters. The molecule has 4 heteroatoms. The second-order valence-electron chi connectivity index (χ2n) is 6.16. The van der Waals surface area contributed by atoms with E-state index in [1.165, 1.54) is 54.2 Å². The second kappa shape index (κ2) is 8.25. The average Bonchev–Trinajstić information content (AvgIpc) is 2.86. The van der Waals surface area contributed by atoms with E-state index in [9.17, 15) is 0 Å². The van der Waals surface area contributed by atoms with Crippen LogP contribution in [0.2, 0.25) is 0 Å². The van der Waals surface area contributed by atoms with Crippen LogP contribution in [0, 0.1) is 0 Å². The summed E-state index contributed by atoms with van der Waals surface area (Å²) < 4.78 is 3.62. The Morgan fingerprint density at radius 1 is 1.00 bits per heavy atom. The topological polar surface area (TPSA) is 3.88 Å². The zero-order valence-electron chi connectivity index (χ0n) is 12.6. The first-order chi connectivity index (χ1) is 9.25. The fourth-order valence-corrected chi connectivity index (χ4v) is 3.27. The minimum Gasteiger partial charge on any atom is -1.00 e.